The van der Waals surface area contributed by atoms with E-state index in [-0.39, 0.29) is 17.6 Å². The summed E-state index contributed by atoms with van der Waals surface area (Å²) in [5, 5.41) is 9.09. The van der Waals surface area contributed by atoms with Gasteiger partial charge in [-0.25, -0.2) is 4.79 Å². The van der Waals surface area contributed by atoms with Crippen LogP contribution >= 0.6 is 0 Å². The molecule has 0 radical (unpaired) electrons. The Hall–Kier alpha value is -3.29. The van der Waals surface area contributed by atoms with Crippen LogP contribution in [-0.4, -0.2) is 53.7 Å². The highest BCUT2D eigenvalue weighted by Gasteiger charge is 2.17. The fourth-order valence-corrected chi connectivity index (χ4v) is 2.23. The largest absolute Gasteiger partial charge is 0.501 e. The molecule has 0 spiro atoms. The Labute approximate surface area is 178 Å². The summed E-state index contributed by atoms with van der Waals surface area (Å²) < 4.78 is 30.9. The molecule has 0 rings (SSSR count). The van der Waals surface area contributed by atoms with Gasteiger partial charge < -0.3 is 33.5 Å². The van der Waals surface area contributed by atoms with Crippen molar-refractivity contribution in [1.82, 2.24) is 0 Å². The Morgan fingerprint density at radius 3 is 1.47 bits per heavy atom. The molecule has 0 saturated carbocycles. The quantitative estimate of drug-likeness (QED) is 0.256. The number of carboxylic acids is 1. The van der Waals surface area contributed by atoms with Crippen molar-refractivity contribution in [2.75, 3.05) is 42.7 Å². The molecule has 8 nitrogen and oxygen atoms in total. The highest BCUT2D eigenvalue weighted by molar-refractivity contribution is 5.84. The van der Waals surface area contributed by atoms with E-state index in [1.54, 1.807) is 31.4 Å². The van der Waals surface area contributed by atoms with Gasteiger partial charge in [0.2, 0.25) is 5.76 Å². The van der Waals surface area contributed by atoms with Crippen molar-refractivity contribution in [2.45, 2.75) is 6.92 Å². The van der Waals surface area contributed by atoms with Gasteiger partial charge in [-0.15, -0.1) is 0 Å². The summed E-state index contributed by atoms with van der Waals surface area (Å²) in [6.45, 7) is 1.83. The molecule has 0 bridgehead atoms. The Balaban J connectivity index is 6.26. The number of ether oxygens (including phenoxy) is 6. The van der Waals surface area contributed by atoms with E-state index < -0.39 is 5.97 Å². The van der Waals surface area contributed by atoms with E-state index in [1.807, 2.05) is 25.2 Å². The number of allylic oxidation sites excluding steroid dienone is 9. The van der Waals surface area contributed by atoms with Crippen molar-refractivity contribution in [2.24, 2.45) is 11.8 Å². The second kappa shape index (κ2) is 15.6. The van der Waals surface area contributed by atoms with Crippen molar-refractivity contribution < 1.29 is 38.3 Å². The minimum Gasteiger partial charge on any atom is -0.501 e. The third-order valence-electron chi connectivity index (χ3n) is 3.90. The first-order valence-electron chi connectivity index (χ1n) is 9.01. The molecule has 0 aliphatic rings. The molecule has 168 valence electrons. The van der Waals surface area contributed by atoms with E-state index in [1.165, 1.54) is 41.6 Å². The molecule has 2 atom stereocenters. The number of carboxylic acid groups (broad SMARTS) is 1. The number of rotatable bonds is 14. The van der Waals surface area contributed by atoms with Gasteiger partial charge in [-0.05, 0) is 19.1 Å². The van der Waals surface area contributed by atoms with Crippen LogP contribution in [-0.2, 0) is 33.2 Å². The second-order valence-electron chi connectivity index (χ2n) is 5.73. The van der Waals surface area contributed by atoms with Crippen molar-refractivity contribution in [3.8, 4) is 0 Å². The maximum Gasteiger partial charge on any atom is 0.371 e. The lowest BCUT2D eigenvalue weighted by molar-refractivity contribution is -0.136. The first-order valence-corrected chi connectivity index (χ1v) is 9.01. The van der Waals surface area contributed by atoms with Crippen LogP contribution in [0.1, 0.15) is 6.92 Å². The molecule has 0 heterocycles. The minimum atomic E-state index is -1.17. The van der Waals surface area contributed by atoms with Gasteiger partial charge in [0.15, 0.2) is 0 Å². The van der Waals surface area contributed by atoms with Crippen LogP contribution in [0.25, 0.3) is 0 Å². The summed E-state index contributed by atoms with van der Waals surface area (Å²) >= 11 is 0. The van der Waals surface area contributed by atoms with Gasteiger partial charge in [-0.1, -0.05) is 24.3 Å². The fraction of sp³-hybridized carbons (Fsp3) is 0.409. The highest BCUT2D eigenvalue weighted by Crippen LogP contribution is 2.23. The maximum atomic E-state index is 11.1. The normalized spacial score (nSPS) is 14.0. The van der Waals surface area contributed by atoms with Crippen molar-refractivity contribution in [3.05, 3.63) is 72.0 Å². The van der Waals surface area contributed by atoms with E-state index in [4.69, 9.17) is 33.5 Å². The molecule has 1 N–H and O–H groups in total. The number of methoxy groups -OCH3 is 6. The minimum absolute atomic E-state index is 0.191. The number of hydrogen-bond acceptors (Lipinski definition) is 7. The van der Waals surface area contributed by atoms with E-state index in [2.05, 4.69) is 0 Å². The van der Waals surface area contributed by atoms with Gasteiger partial charge in [0.1, 0.15) is 0 Å². The molecule has 0 aromatic heterocycles. The zero-order valence-electron chi connectivity index (χ0n) is 18.6. The molecule has 0 aliphatic carbocycles. The lowest BCUT2D eigenvalue weighted by Gasteiger charge is -2.18. The van der Waals surface area contributed by atoms with Crippen LogP contribution < -0.4 is 0 Å². The van der Waals surface area contributed by atoms with Crippen LogP contribution in [0.4, 0.5) is 0 Å². The molecular formula is C22H32O8. The van der Waals surface area contributed by atoms with Crippen LogP contribution in [0.2, 0.25) is 0 Å². The van der Waals surface area contributed by atoms with Crippen molar-refractivity contribution >= 4 is 5.97 Å². The SMILES string of the molecule is COC(=CC(/C=C/C=C(/C)OC)C(C=C(OC)OC)/C=C/C=C(\OC)C(=O)O)OC. The van der Waals surface area contributed by atoms with Crippen molar-refractivity contribution in [3.63, 3.8) is 0 Å². The molecule has 8 heteroatoms. The lowest BCUT2D eigenvalue weighted by atomic mass is 9.90. The molecule has 2 unspecified atom stereocenters. The fourth-order valence-electron chi connectivity index (χ4n) is 2.23. The number of aliphatic carboxylic acids is 1. The first kappa shape index (κ1) is 26.7. The molecule has 0 aliphatic heterocycles. The summed E-state index contributed by atoms with van der Waals surface area (Å²) in [4.78, 5) is 11.1. The highest BCUT2D eigenvalue weighted by atomic mass is 16.7. The number of carbonyl (C=O) groups is 1. The van der Waals surface area contributed by atoms with E-state index in [9.17, 15) is 4.79 Å². The Morgan fingerprint density at radius 1 is 0.700 bits per heavy atom. The van der Waals surface area contributed by atoms with Crippen LogP contribution in [0.3, 0.4) is 0 Å². The third-order valence-corrected chi connectivity index (χ3v) is 3.90. The molecule has 0 aromatic rings. The maximum absolute atomic E-state index is 11.1. The first-order chi connectivity index (χ1) is 14.4. The Morgan fingerprint density at radius 2 is 1.13 bits per heavy atom. The lowest BCUT2D eigenvalue weighted by Crippen LogP contribution is -2.10. The zero-order valence-corrected chi connectivity index (χ0v) is 18.6. The summed E-state index contributed by atoms with van der Waals surface area (Å²) in [5.74, 6) is -0.578. The Bertz CT molecular complexity index is 686. The van der Waals surface area contributed by atoms with Crippen LogP contribution in [0.15, 0.2) is 72.0 Å². The Kier molecular flexibility index (Phi) is 13.9. The van der Waals surface area contributed by atoms with Gasteiger partial charge >= 0.3 is 5.97 Å². The van der Waals surface area contributed by atoms with Gasteiger partial charge in [0.25, 0.3) is 11.9 Å². The van der Waals surface area contributed by atoms with Crippen LogP contribution in [0, 0.1) is 11.8 Å². The molecule has 0 amide bonds. The zero-order chi connectivity index (χ0) is 22.9. The summed E-state index contributed by atoms with van der Waals surface area (Å²) in [7, 11) is 8.87. The monoisotopic (exact) mass is 424 g/mol. The predicted molar refractivity (Wildman–Crippen MR) is 113 cm³/mol. The second-order valence-corrected chi connectivity index (χ2v) is 5.73. The predicted octanol–water partition coefficient (Wildman–Crippen LogP) is 3.76. The summed E-state index contributed by atoms with van der Waals surface area (Å²) in [6, 6.07) is 0. The van der Waals surface area contributed by atoms with Gasteiger partial charge in [-0.2, -0.15) is 0 Å². The standard InChI is InChI=1S/C22H32O8/c1-16(25-2)10-8-11-17(14-20(27-4)28-5)18(15-21(29-6)30-7)12-9-13-19(26-3)22(23)24/h8-15,17-18H,1-7H3,(H,23,24)/b11-8+,12-9+,16-10-,19-13-. The molecule has 30 heavy (non-hydrogen) atoms. The summed E-state index contributed by atoms with van der Waals surface area (Å²) in [6.07, 6.45) is 13.8. The average Bonchev–Trinajstić information content (AvgIpc) is 2.75. The van der Waals surface area contributed by atoms with E-state index in [0.717, 1.165) is 5.76 Å². The smallest absolute Gasteiger partial charge is 0.371 e. The van der Waals surface area contributed by atoms with Gasteiger partial charge in [-0.3, -0.25) is 0 Å². The van der Waals surface area contributed by atoms with Crippen LogP contribution in [0.5, 0.6) is 0 Å². The number of hydrogen-bond donors (Lipinski definition) is 1. The van der Waals surface area contributed by atoms with Crippen molar-refractivity contribution in [1.29, 1.82) is 0 Å². The van der Waals surface area contributed by atoms with E-state index >= 15 is 0 Å². The summed E-state index contributed by atoms with van der Waals surface area (Å²) in [5.41, 5.74) is 0. The molecule has 0 fully saturated rings. The third kappa shape index (κ3) is 10.3. The van der Waals surface area contributed by atoms with Gasteiger partial charge in [0, 0.05) is 24.0 Å². The molecule has 0 aromatic carbocycles. The topological polar surface area (TPSA) is 92.7 Å². The molecule has 0 saturated heterocycles. The van der Waals surface area contributed by atoms with Gasteiger partial charge in [0.05, 0.1) is 48.4 Å². The molecular weight excluding hydrogens is 392 g/mol. The average molecular weight is 424 g/mol. The van der Waals surface area contributed by atoms with E-state index in [0.29, 0.717) is 11.9 Å².